The summed E-state index contributed by atoms with van der Waals surface area (Å²) in [6.07, 6.45) is 2.11. The molecule has 0 aromatic heterocycles. The molecule has 0 radical (unpaired) electrons. The molecule has 1 fully saturated rings. The summed E-state index contributed by atoms with van der Waals surface area (Å²) in [6, 6.07) is 12.5. The normalized spacial score (nSPS) is 15.0. The van der Waals surface area contributed by atoms with Crippen LogP contribution in [0.4, 0.5) is 15.8 Å². The van der Waals surface area contributed by atoms with Crippen molar-refractivity contribution in [2.24, 2.45) is 0 Å². The van der Waals surface area contributed by atoms with Crippen LogP contribution in [0.2, 0.25) is 0 Å². The van der Waals surface area contributed by atoms with Crippen molar-refractivity contribution in [2.45, 2.75) is 17.7 Å². The summed E-state index contributed by atoms with van der Waals surface area (Å²) < 4.78 is 41.0. The molecular weight excluding hydrogens is 303 g/mol. The van der Waals surface area contributed by atoms with Crippen LogP contribution in [0, 0.1) is 5.82 Å². The van der Waals surface area contributed by atoms with Gasteiger partial charge in [0, 0.05) is 19.2 Å². The summed E-state index contributed by atoms with van der Waals surface area (Å²) in [4.78, 5) is 2.13. The zero-order valence-electron chi connectivity index (χ0n) is 12.0. The maximum atomic E-state index is 14.2. The first-order valence-electron chi connectivity index (χ1n) is 7.19. The number of anilines is 2. The molecule has 0 unspecified atom stereocenters. The summed E-state index contributed by atoms with van der Waals surface area (Å²) >= 11 is 0. The van der Waals surface area contributed by atoms with E-state index in [4.69, 9.17) is 0 Å². The second kappa shape index (κ2) is 5.96. The summed E-state index contributed by atoms with van der Waals surface area (Å²) in [5.74, 6) is -0.407. The smallest absolute Gasteiger partial charge is 0.261 e. The molecule has 0 spiro atoms. The van der Waals surface area contributed by atoms with Gasteiger partial charge in [0.1, 0.15) is 5.82 Å². The van der Waals surface area contributed by atoms with Gasteiger partial charge in [0.05, 0.1) is 16.3 Å². The maximum absolute atomic E-state index is 14.2. The van der Waals surface area contributed by atoms with E-state index in [0.717, 1.165) is 25.9 Å². The zero-order chi connectivity index (χ0) is 15.6. The number of nitrogens with zero attached hydrogens (tertiary/aromatic N) is 1. The zero-order valence-corrected chi connectivity index (χ0v) is 12.8. The molecule has 1 N–H and O–H groups in total. The van der Waals surface area contributed by atoms with Crippen molar-refractivity contribution in [1.82, 2.24) is 0 Å². The van der Waals surface area contributed by atoms with E-state index in [-0.39, 0.29) is 10.6 Å². The van der Waals surface area contributed by atoms with Crippen molar-refractivity contribution in [1.29, 1.82) is 0 Å². The molecule has 0 bridgehead atoms. The molecule has 116 valence electrons. The lowest BCUT2D eigenvalue weighted by Gasteiger charge is -2.19. The number of rotatable bonds is 4. The maximum Gasteiger partial charge on any atom is 0.261 e. The van der Waals surface area contributed by atoms with E-state index in [1.807, 2.05) is 4.90 Å². The Hall–Kier alpha value is -2.08. The fourth-order valence-electron chi connectivity index (χ4n) is 2.60. The van der Waals surface area contributed by atoms with Gasteiger partial charge in [0.25, 0.3) is 10.0 Å². The van der Waals surface area contributed by atoms with Crippen LogP contribution in [-0.4, -0.2) is 21.5 Å². The molecule has 0 amide bonds. The molecule has 22 heavy (non-hydrogen) atoms. The van der Waals surface area contributed by atoms with Crippen molar-refractivity contribution < 1.29 is 12.8 Å². The third kappa shape index (κ3) is 3.06. The van der Waals surface area contributed by atoms with Crippen LogP contribution in [0.5, 0.6) is 0 Å². The summed E-state index contributed by atoms with van der Waals surface area (Å²) in [5.41, 5.74) is 0.754. The standard InChI is InChI=1S/C16H17FN2O2S/c17-15-12-13(8-9-16(15)19-10-4-5-11-19)18-22(20,21)14-6-2-1-3-7-14/h1-3,6-9,12,18H,4-5,10-11H2. The topological polar surface area (TPSA) is 49.4 Å². The van der Waals surface area contributed by atoms with E-state index in [1.54, 1.807) is 30.3 Å². The Balaban J connectivity index is 1.83. The molecule has 1 heterocycles. The molecule has 4 nitrogen and oxygen atoms in total. The highest BCUT2D eigenvalue weighted by Crippen LogP contribution is 2.27. The summed E-state index contributed by atoms with van der Waals surface area (Å²) in [6.45, 7) is 1.68. The highest BCUT2D eigenvalue weighted by Gasteiger charge is 2.18. The molecule has 2 aromatic rings. The molecule has 3 rings (SSSR count). The lowest BCUT2D eigenvalue weighted by atomic mass is 10.2. The van der Waals surface area contributed by atoms with Crippen LogP contribution < -0.4 is 9.62 Å². The largest absolute Gasteiger partial charge is 0.369 e. The minimum absolute atomic E-state index is 0.152. The molecule has 2 aromatic carbocycles. The second-order valence-corrected chi connectivity index (χ2v) is 6.96. The van der Waals surface area contributed by atoms with Gasteiger partial charge in [0.2, 0.25) is 0 Å². The van der Waals surface area contributed by atoms with Gasteiger partial charge in [-0.1, -0.05) is 18.2 Å². The average molecular weight is 320 g/mol. The number of benzene rings is 2. The predicted octanol–water partition coefficient (Wildman–Crippen LogP) is 3.23. The molecule has 1 saturated heterocycles. The Morgan fingerprint density at radius 2 is 1.68 bits per heavy atom. The number of hydrogen-bond acceptors (Lipinski definition) is 3. The van der Waals surface area contributed by atoms with E-state index in [0.29, 0.717) is 5.69 Å². The first-order valence-corrected chi connectivity index (χ1v) is 8.67. The highest BCUT2D eigenvalue weighted by molar-refractivity contribution is 7.92. The second-order valence-electron chi connectivity index (χ2n) is 5.28. The Morgan fingerprint density at radius 1 is 1.00 bits per heavy atom. The Morgan fingerprint density at radius 3 is 2.32 bits per heavy atom. The summed E-state index contributed by atoms with van der Waals surface area (Å²) in [7, 11) is -3.69. The molecule has 0 atom stereocenters. The van der Waals surface area contributed by atoms with Gasteiger partial charge in [-0.05, 0) is 37.1 Å². The first kappa shape index (κ1) is 14.8. The van der Waals surface area contributed by atoms with Gasteiger partial charge < -0.3 is 4.90 Å². The van der Waals surface area contributed by atoms with Crippen molar-refractivity contribution >= 4 is 21.4 Å². The van der Waals surface area contributed by atoms with Crippen LogP contribution in [-0.2, 0) is 10.0 Å². The molecule has 0 saturated carbocycles. The van der Waals surface area contributed by atoms with Gasteiger partial charge in [-0.15, -0.1) is 0 Å². The van der Waals surface area contributed by atoms with Gasteiger partial charge in [0.15, 0.2) is 0 Å². The van der Waals surface area contributed by atoms with E-state index < -0.39 is 15.8 Å². The minimum atomic E-state index is -3.69. The average Bonchev–Trinajstić information content (AvgIpc) is 3.02. The Labute approximate surface area is 129 Å². The van der Waals surface area contributed by atoms with E-state index in [2.05, 4.69) is 4.72 Å². The number of nitrogens with one attached hydrogen (secondary N) is 1. The Bertz CT molecular complexity index is 757. The molecular formula is C16H17FN2O2S. The van der Waals surface area contributed by atoms with Crippen LogP contribution in [0.25, 0.3) is 0 Å². The minimum Gasteiger partial charge on any atom is -0.369 e. The van der Waals surface area contributed by atoms with Crippen molar-refractivity contribution in [3.8, 4) is 0 Å². The van der Waals surface area contributed by atoms with Crippen LogP contribution >= 0.6 is 0 Å². The number of sulfonamides is 1. The molecule has 6 heteroatoms. The first-order chi connectivity index (χ1) is 10.6. The lowest BCUT2D eigenvalue weighted by Crippen LogP contribution is -2.19. The van der Waals surface area contributed by atoms with Gasteiger partial charge in [-0.25, -0.2) is 12.8 Å². The van der Waals surface area contributed by atoms with Gasteiger partial charge in [-0.2, -0.15) is 0 Å². The Kier molecular flexibility index (Phi) is 4.02. The molecule has 0 aliphatic carbocycles. The lowest BCUT2D eigenvalue weighted by molar-refractivity contribution is 0.601. The van der Waals surface area contributed by atoms with Crippen molar-refractivity contribution in [2.75, 3.05) is 22.7 Å². The van der Waals surface area contributed by atoms with Crippen LogP contribution in [0.1, 0.15) is 12.8 Å². The van der Waals surface area contributed by atoms with Gasteiger partial charge >= 0.3 is 0 Å². The quantitative estimate of drug-likeness (QED) is 0.941. The number of hydrogen-bond donors (Lipinski definition) is 1. The van der Waals surface area contributed by atoms with Crippen molar-refractivity contribution in [3.63, 3.8) is 0 Å². The fourth-order valence-corrected chi connectivity index (χ4v) is 3.67. The number of halogens is 1. The van der Waals surface area contributed by atoms with E-state index >= 15 is 0 Å². The van der Waals surface area contributed by atoms with Crippen LogP contribution in [0.3, 0.4) is 0 Å². The fraction of sp³-hybridized carbons (Fsp3) is 0.250. The molecule has 1 aliphatic rings. The summed E-state index contributed by atoms with van der Waals surface area (Å²) in [5, 5.41) is 0. The van der Waals surface area contributed by atoms with Crippen LogP contribution in [0.15, 0.2) is 53.4 Å². The SMILES string of the molecule is O=S(=O)(Nc1ccc(N2CCCC2)c(F)c1)c1ccccc1. The van der Waals surface area contributed by atoms with E-state index in [9.17, 15) is 12.8 Å². The van der Waals surface area contributed by atoms with Crippen molar-refractivity contribution in [3.05, 3.63) is 54.3 Å². The third-order valence-electron chi connectivity index (χ3n) is 3.70. The highest BCUT2D eigenvalue weighted by atomic mass is 32.2. The van der Waals surface area contributed by atoms with Gasteiger partial charge in [-0.3, -0.25) is 4.72 Å². The molecule has 1 aliphatic heterocycles. The predicted molar refractivity (Wildman–Crippen MR) is 85.1 cm³/mol. The van der Waals surface area contributed by atoms with E-state index in [1.165, 1.54) is 18.2 Å². The monoisotopic (exact) mass is 320 g/mol. The third-order valence-corrected chi connectivity index (χ3v) is 5.10.